The molecule has 0 radical (unpaired) electrons. The van der Waals surface area contributed by atoms with E-state index in [0.29, 0.717) is 28.0 Å². The topological polar surface area (TPSA) is 97.2 Å². The van der Waals surface area contributed by atoms with E-state index in [9.17, 15) is 17.8 Å². The average Bonchev–Trinajstić information content (AvgIpc) is 2.72. The standard InChI is InChI=1S/C21H11ClN2O4S/c22-15-8-9-16-18-17(15)20(25)13-7-6-12(29(26,27)28)10-14(13)19(18)24-21(23-16)11-4-2-1-3-5-11/h1-10H,(H,26,27,28). The van der Waals surface area contributed by atoms with Crippen molar-refractivity contribution in [2.45, 2.75) is 4.90 Å². The van der Waals surface area contributed by atoms with Crippen molar-refractivity contribution in [3.63, 3.8) is 0 Å². The second kappa shape index (κ2) is 6.18. The Kier molecular flexibility index (Phi) is 3.82. The molecule has 4 aromatic rings. The van der Waals surface area contributed by atoms with Crippen LogP contribution < -0.4 is 0 Å². The van der Waals surface area contributed by atoms with Gasteiger partial charge >= 0.3 is 0 Å². The number of rotatable bonds is 2. The van der Waals surface area contributed by atoms with Crippen LogP contribution in [0, 0.1) is 0 Å². The molecule has 0 unspecified atom stereocenters. The minimum absolute atomic E-state index is 0.261. The molecule has 29 heavy (non-hydrogen) atoms. The number of hydrogen-bond acceptors (Lipinski definition) is 5. The zero-order chi connectivity index (χ0) is 20.3. The summed E-state index contributed by atoms with van der Waals surface area (Å²) in [5.41, 5.74) is 2.54. The number of hydrogen-bond donors (Lipinski definition) is 1. The second-order valence-corrected chi connectivity index (χ2v) is 8.42. The van der Waals surface area contributed by atoms with E-state index in [4.69, 9.17) is 11.6 Å². The van der Waals surface area contributed by atoms with E-state index in [-0.39, 0.29) is 26.8 Å². The zero-order valence-corrected chi connectivity index (χ0v) is 16.2. The highest BCUT2D eigenvalue weighted by Gasteiger charge is 2.30. The summed E-state index contributed by atoms with van der Waals surface area (Å²) in [6.07, 6.45) is 0. The lowest BCUT2D eigenvalue weighted by Crippen LogP contribution is -2.14. The lowest BCUT2D eigenvalue weighted by atomic mass is 9.86. The second-order valence-electron chi connectivity index (χ2n) is 6.59. The van der Waals surface area contributed by atoms with Crippen LogP contribution in [-0.4, -0.2) is 28.7 Å². The van der Waals surface area contributed by atoms with Crippen molar-refractivity contribution in [3.05, 3.63) is 76.8 Å². The van der Waals surface area contributed by atoms with Crippen LogP contribution in [0.5, 0.6) is 0 Å². The van der Waals surface area contributed by atoms with Crippen LogP contribution in [0.3, 0.4) is 0 Å². The molecule has 142 valence electrons. The number of benzene rings is 3. The van der Waals surface area contributed by atoms with Gasteiger partial charge in [0.15, 0.2) is 11.6 Å². The predicted octanol–water partition coefficient (Wildman–Crippen LogP) is 4.41. The Hall–Kier alpha value is -3.13. The third-order valence-electron chi connectivity index (χ3n) is 4.86. The minimum atomic E-state index is -4.45. The van der Waals surface area contributed by atoms with Gasteiger partial charge in [-0.1, -0.05) is 41.9 Å². The molecule has 0 saturated heterocycles. The summed E-state index contributed by atoms with van der Waals surface area (Å²) in [4.78, 5) is 22.0. The number of nitrogens with zero attached hydrogens (tertiary/aromatic N) is 2. The number of ketones is 1. The molecule has 0 aliphatic heterocycles. The number of aromatic nitrogens is 2. The molecular formula is C21H11ClN2O4S. The highest BCUT2D eigenvalue weighted by molar-refractivity contribution is 7.85. The maximum Gasteiger partial charge on any atom is 0.294 e. The fraction of sp³-hybridized carbons (Fsp3) is 0. The smallest absolute Gasteiger partial charge is 0.289 e. The van der Waals surface area contributed by atoms with Crippen LogP contribution in [0.4, 0.5) is 0 Å². The quantitative estimate of drug-likeness (QED) is 0.423. The highest BCUT2D eigenvalue weighted by Crippen LogP contribution is 2.42. The maximum absolute atomic E-state index is 13.1. The van der Waals surface area contributed by atoms with E-state index in [1.807, 2.05) is 30.3 Å². The van der Waals surface area contributed by atoms with Crippen LogP contribution in [-0.2, 0) is 10.1 Å². The fourth-order valence-electron chi connectivity index (χ4n) is 3.55. The van der Waals surface area contributed by atoms with Crippen LogP contribution >= 0.6 is 11.6 Å². The molecule has 1 aliphatic carbocycles. The minimum Gasteiger partial charge on any atom is -0.289 e. The normalized spacial score (nSPS) is 12.8. The van der Waals surface area contributed by atoms with Gasteiger partial charge in [-0.25, -0.2) is 9.97 Å². The Balaban J connectivity index is 1.93. The Morgan fingerprint density at radius 1 is 0.897 bits per heavy atom. The highest BCUT2D eigenvalue weighted by atomic mass is 35.5. The first-order chi connectivity index (χ1) is 13.8. The average molecular weight is 423 g/mol. The van der Waals surface area contributed by atoms with E-state index in [1.54, 1.807) is 12.1 Å². The Morgan fingerprint density at radius 3 is 2.38 bits per heavy atom. The molecule has 1 N–H and O–H groups in total. The molecule has 0 saturated carbocycles. The van der Waals surface area contributed by atoms with Gasteiger partial charge in [0.05, 0.1) is 26.7 Å². The van der Waals surface area contributed by atoms with E-state index < -0.39 is 10.1 Å². The summed E-state index contributed by atoms with van der Waals surface area (Å²) in [6, 6.07) is 16.4. The molecule has 5 rings (SSSR count). The zero-order valence-electron chi connectivity index (χ0n) is 14.6. The molecular weight excluding hydrogens is 412 g/mol. The predicted molar refractivity (Wildman–Crippen MR) is 109 cm³/mol. The summed E-state index contributed by atoms with van der Waals surface area (Å²) >= 11 is 6.32. The van der Waals surface area contributed by atoms with Gasteiger partial charge in [-0.15, -0.1) is 0 Å². The van der Waals surface area contributed by atoms with Crippen molar-refractivity contribution >= 4 is 38.4 Å². The van der Waals surface area contributed by atoms with Gasteiger partial charge in [0.1, 0.15) is 0 Å². The van der Waals surface area contributed by atoms with Crippen molar-refractivity contribution in [1.82, 2.24) is 9.97 Å². The first-order valence-corrected chi connectivity index (χ1v) is 10.4. The Morgan fingerprint density at radius 2 is 1.66 bits per heavy atom. The lowest BCUT2D eigenvalue weighted by molar-refractivity contribution is 0.104. The van der Waals surface area contributed by atoms with E-state index >= 15 is 0 Å². The molecule has 0 atom stereocenters. The van der Waals surface area contributed by atoms with Crippen molar-refractivity contribution in [3.8, 4) is 22.6 Å². The van der Waals surface area contributed by atoms with Gasteiger partial charge < -0.3 is 0 Å². The van der Waals surface area contributed by atoms with Gasteiger partial charge in [0, 0.05) is 22.1 Å². The molecule has 6 nitrogen and oxygen atoms in total. The van der Waals surface area contributed by atoms with Crippen molar-refractivity contribution in [1.29, 1.82) is 0 Å². The largest absolute Gasteiger partial charge is 0.294 e. The molecule has 0 spiro atoms. The number of carbonyl (C=O) groups excluding carboxylic acids is 1. The van der Waals surface area contributed by atoms with E-state index in [1.165, 1.54) is 18.2 Å². The van der Waals surface area contributed by atoms with Gasteiger partial charge in [0.2, 0.25) is 0 Å². The number of carbonyl (C=O) groups is 1. The summed E-state index contributed by atoms with van der Waals surface area (Å²) in [5.74, 6) is 0.0833. The third-order valence-corrected chi connectivity index (χ3v) is 6.03. The van der Waals surface area contributed by atoms with E-state index in [2.05, 4.69) is 9.97 Å². The summed E-state index contributed by atoms with van der Waals surface area (Å²) < 4.78 is 32.8. The van der Waals surface area contributed by atoms with Crippen LogP contribution in [0.1, 0.15) is 15.9 Å². The molecule has 0 amide bonds. The van der Waals surface area contributed by atoms with Crippen LogP contribution in [0.15, 0.2) is 65.6 Å². The van der Waals surface area contributed by atoms with Gasteiger partial charge in [-0.3, -0.25) is 9.35 Å². The fourth-order valence-corrected chi connectivity index (χ4v) is 4.30. The summed E-state index contributed by atoms with van der Waals surface area (Å²) in [5, 5.41) is 0.728. The molecule has 1 heterocycles. The number of halogens is 1. The van der Waals surface area contributed by atoms with Crippen LogP contribution in [0.25, 0.3) is 33.5 Å². The molecule has 1 aliphatic rings. The summed E-state index contributed by atoms with van der Waals surface area (Å²) in [7, 11) is -4.45. The Bertz CT molecular complexity index is 1450. The molecule has 8 heteroatoms. The van der Waals surface area contributed by atoms with Crippen molar-refractivity contribution in [2.75, 3.05) is 0 Å². The van der Waals surface area contributed by atoms with Crippen molar-refractivity contribution in [2.24, 2.45) is 0 Å². The Labute approximate surface area is 170 Å². The monoisotopic (exact) mass is 422 g/mol. The van der Waals surface area contributed by atoms with Crippen LogP contribution in [0.2, 0.25) is 5.02 Å². The SMILES string of the molecule is O=C1c2ccc(S(=O)(=O)O)cc2-c2nc(-c3ccccc3)nc3ccc(Cl)c1c23. The molecule has 0 bridgehead atoms. The molecule has 0 fully saturated rings. The number of fused-ring (bicyclic) bond motifs is 2. The molecule has 1 aromatic heterocycles. The van der Waals surface area contributed by atoms with Gasteiger partial charge in [-0.05, 0) is 30.3 Å². The van der Waals surface area contributed by atoms with E-state index in [0.717, 1.165) is 5.56 Å². The third kappa shape index (κ3) is 2.74. The lowest BCUT2D eigenvalue weighted by Gasteiger charge is -2.20. The first kappa shape index (κ1) is 17.9. The molecule has 3 aromatic carbocycles. The summed E-state index contributed by atoms with van der Waals surface area (Å²) in [6.45, 7) is 0. The van der Waals surface area contributed by atoms with Gasteiger partial charge in [-0.2, -0.15) is 8.42 Å². The first-order valence-electron chi connectivity index (χ1n) is 8.57. The van der Waals surface area contributed by atoms with Crippen molar-refractivity contribution < 1.29 is 17.8 Å². The maximum atomic E-state index is 13.1. The van der Waals surface area contributed by atoms with Gasteiger partial charge in [0.25, 0.3) is 10.1 Å².